The Kier molecular flexibility index (Phi) is 3.98. The highest BCUT2D eigenvalue weighted by Crippen LogP contribution is 2.32. The summed E-state index contributed by atoms with van der Waals surface area (Å²) in [5.74, 6) is 1.13. The summed E-state index contributed by atoms with van der Waals surface area (Å²) in [5.41, 5.74) is 6.75. The fourth-order valence-corrected chi connectivity index (χ4v) is 1.47. The Labute approximate surface area is 100 Å². The van der Waals surface area contributed by atoms with Crippen molar-refractivity contribution in [2.24, 2.45) is 10.7 Å². The zero-order valence-corrected chi connectivity index (χ0v) is 10.2. The molecule has 0 saturated carbocycles. The molecule has 92 valence electrons. The van der Waals surface area contributed by atoms with Crippen LogP contribution in [0.25, 0.3) is 5.76 Å². The van der Waals surface area contributed by atoms with Crippen molar-refractivity contribution in [3.05, 3.63) is 29.8 Å². The summed E-state index contributed by atoms with van der Waals surface area (Å²) >= 11 is 0. The molecule has 0 amide bonds. The standard InChI is InChI=1S/C12H16N2O3/c1-7(15)9-5-8(16-3)6-10(11(9)17-4)12(13)14-2/h5-6,15H,1H2,2-4H3,(H2,13,14). The number of nitrogens with two attached hydrogens (primary N) is 1. The molecular weight excluding hydrogens is 220 g/mol. The van der Waals surface area contributed by atoms with Crippen LogP contribution in [0.15, 0.2) is 23.7 Å². The van der Waals surface area contributed by atoms with Gasteiger partial charge in [0.15, 0.2) is 0 Å². The van der Waals surface area contributed by atoms with Crippen molar-refractivity contribution in [1.29, 1.82) is 0 Å². The van der Waals surface area contributed by atoms with E-state index in [2.05, 4.69) is 11.6 Å². The molecule has 0 heterocycles. The molecule has 3 N–H and O–H groups in total. The van der Waals surface area contributed by atoms with E-state index in [1.54, 1.807) is 19.2 Å². The summed E-state index contributed by atoms with van der Waals surface area (Å²) < 4.78 is 10.3. The van der Waals surface area contributed by atoms with Gasteiger partial charge in [0.25, 0.3) is 0 Å². The van der Waals surface area contributed by atoms with Crippen molar-refractivity contribution < 1.29 is 14.6 Å². The minimum absolute atomic E-state index is 0.120. The Morgan fingerprint density at radius 3 is 2.29 bits per heavy atom. The Bertz CT molecular complexity index is 467. The number of hydrogen-bond donors (Lipinski definition) is 2. The van der Waals surface area contributed by atoms with E-state index in [1.807, 2.05) is 0 Å². The molecular formula is C12H16N2O3. The largest absolute Gasteiger partial charge is 0.508 e. The predicted octanol–water partition coefficient (Wildman–Crippen LogP) is 1.57. The lowest BCUT2D eigenvalue weighted by atomic mass is 10.1. The minimum atomic E-state index is -0.120. The van der Waals surface area contributed by atoms with Crippen LogP contribution < -0.4 is 15.2 Å². The smallest absolute Gasteiger partial charge is 0.140 e. The number of ether oxygens (including phenoxy) is 2. The minimum Gasteiger partial charge on any atom is -0.508 e. The van der Waals surface area contributed by atoms with E-state index in [9.17, 15) is 5.11 Å². The maximum Gasteiger partial charge on any atom is 0.140 e. The number of hydrogen-bond acceptors (Lipinski definition) is 4. The molecule has 0 unspecified atom stereocenters. The fourth-order valence-electron chi connectivity index (χ4n) is 1.47. The van der Waals surface area contributed by atoms with Gasteiger partial charge in [-0.2, -0.15) is 0 Å². The van der Waals surface area contributed by atoms with Gasteiger partial charge in [-0.3, -0.25) is 4.99 Å². The predicted molar refractivity (Wildman–Crippen MR) is 67.9 cm³/mol. The molecule has 5 nitrogen and oxygen atoms in total. The molecule has 0 radical (unpaired) electrons. The summed E-state index contributed by atoms with van der Waals surface area (Å²) in [4.78, 5) is 3.89. The molecule has 1 rings (SSSR count). The molecule has 0 aliphatic carbocycles. The Hall–Kier alpha value is -2.17. The van der Waals surface area contributed by atoms with Gasteiger partial charge in [-0.25, -0.2) is 0 Å². The number of amidine groups is 1. The number of rotatable bonds is 4. The third-order valence-electron chi connectivity index (χ3n) is 2.33. The summed E-state index contributed by atoms with van der Waals surface area (Å²) in [6, 6.07) is 3.31. The Balaban J connectivity index is 3.56. The van der Waals surface area contributed by atoms with E-state index in [1.165, 1.54) is 14.2 Å². The molecule has 0 aromatic heterocycles. The Morgan fingerprint density at radius 1 is 1.29 bits per heavy atom. The lowest BCUT2D eigenvalue weighted by Crippen LogP contribution is -2.15. The third-order valence-corrected chi connectivity index (χ3v) is 2.33. The van der Waals surface area contributed by atoms with Crippen LogP contribution in [0.3, 0.4) is 0 Å². The molecule has 0 saturated heterocycles. The molecule has 0 atom stereocenters. The van der Waals surface area contributed by atoms with Crippen LogP contribution in [0.5, 0.6) is 11.5 Å². The topological polar surface area (TPSA) is 77.1 Å². The average molecular weight is 236 g/mol. The number of aliphatic imine (C=N–C) groups is 1. The average Bonchev–Trinajstić information content (AvgIpc) is 2.35. The monoisotopic (exact) mass is 236 g/mol. The van der Waals surface area contributed by atoms with Gasteiger partial charge in [-0.05, 0) is 12.1 Å². The summed E-state index contributed by atoms with van der Waals surface area (Å²) in [6.07, 6.45) is 0. The molecule has 0 fully saturated rings. The van der Waals surface area contributed by atoms with Crippen LogP contribution in [-0.4, -0.2) is 32.2 Å². The van der Waals surface area contributed by atoms with Gasteiger partial charge in [-0.1, -0.05) is 6.58 Å². The van der Waals surface area contributed by atoms with Crippen molar-refractivity contribution >= 4 is 11.6 Å². The summed E-state index contributed by atoms with van der Waals surface area (Å²) in [5, 5.41) is 9.52. The van der Waals surface area contributed by atoms with Crippen molar-refractivity contribution in [2.45, 2.75) is 0 Å². The van der Waals surface area contributed by atoms with Crippen LogP contribution in [-0.2, 0) is 0 Å². The SMILES string of the molecule is C=C(O)c1cc(OC)cc(C(N)=NC)c1OC. The normalized spacial score (nSPS) is 11.1. The molecule has 0 spiro atoms. The number of nitrogens with zero attached hydrogens (tertiary/aromatic N) is 1. The fraction of sp³-hybridized carbons (Fsp3) is 0.250. The molecule has 17 heavy (non-hydrogen) atoms. The summed E-state index contributed by atoms with van der Waals surface area (Å²) in [6.45, 7) is 3.47. The van der Waals surface area contributed by atoms with Gasteiger partial charge in [0.2, 0.25) is 0 Å². The molecule has 0 bridgehead atoms. The van der Waals surface area contributed by atoms with Gasteiger partial charge in [0.05, 0.1) is 25.3 Å². The van der Waals surface area contributed by atoms with Gasteiger partial charge in [0.1, 0.15) is 23.1 Å². The first-order chi connectivity index (χ1) is 8.04. The molecule has 5 heteroatoms. The third kappa shape index (κ3) is 2.50. The van der Waals surface area contributed by atoms with Crippen LogP contribution in [0.2, 0.25) is 0 Å². The first-order valence-electron chi connectivity index (χ1n) is 4.92. The van der Waals surface area contributed by atoms with E-state index in [0.29, 0.717) is 28.5 Å². The first-order valence-corrected chi connectivity index (χ1v) is 4.92. The highest BCUT2D eigenvalue weighted by atomic mass is 16.5. The van der Waals surface area contributed by atoms with Crippen molar-refractivity contribution in [3.8, 4) is 11.5 Å². The first kappa shape index (κ1) is 12.9. The Morgan fingerprint density at radius 2 is 1.88 bits per heavy atom. The van der Waals surface area contributed by atoms with Gasteiger partial charge >= 0.3 is 0 Å². The highest BCUT2D eigenvalue weighted by Gasteiger charge is 2.16. The van der Waals surface area contributed by atoms with Crippen molar-refractivity contribution in [3.63, 3.8) is 0 Å². The maximum atomic E-state index is 9.52. The van der Waals surface area contributed by atoms with E-state index in [0.717, 1.165) is 0 Å². The molecule has 0 aliphatic rings. The number of methoxy groups -OCH3 is 2. The van der Waals surface area contributed by atoms with Crippen LogP contribution in [0, 0.1) is 0 Å². The second kappa shape index (κ2) is 5.25. The van der Waals surface area contributed by atoms with Crippen LogP contribution in [0.4, 0.5) is 0 Å². The van der Waals surface area contributed by atoms with Gasteiger partial charge in [-0.15, -0.1) is 0 Å². The lowest BCUT2D eigenvalue weighted by Gasteiger charge is -2.14. The van der Waals surface area contributed by atoms with Crippen molar-refractivity contribution in [1.82, 2.24) is 0 Å². The number of aliphatic hydroxyl groups excluding tert-OH is 1. The van der Waals surface area contributed by atoms with E-state index in [4.69, 9.17) is 15.2 Å². The molecule has 1 aromatic carbocycles. The molecule has 1 aromatic rings. The van der Waals surface area contributed by atoms with Gasteiger partial charge in [0, 0.05) is 7.05 Å². The van der Waals surface area contributed by atoms with Crippen LogP contribution in [0.1, 0.15) is 11.1 Å². The van der Waals surface area contributed by atoms with Crippen molar-refractivity contribution in [2.75, 3.05) is 21.3 Å². The zero-order chi connectivity index (χ0) is 13.0. The zero-order valence-electron chi connectivity index (χ0n) is 10.2. The van der Waals surface area contributed by atoms with E-state index in [-0.39, 0.29) is 5.76 Å². The van der Waals surface area contributed by atoms with Gasteiger partial charge < -0.3 is 20.3 Å². The second-order valence-corrected chi connectivity index (χ2v) is 3.31. The quantitative estimate of drug-likeness (QED) is 0.472. The van der Waals surface area contributed by atoms with E-state index < -0.39 is 0 Å². The van der Waals surface area contributed by atoms with Crippen LogP contribution >= 0.6 is 0 Å². The number of aliphatic hydroxyl groups is 1. The summed E-state index contributed by atoms with van der Waals surface area (Å²) in [7, 11) is 4.58. The highest BCUT2D eigenvalue weighted by molar-refractivity contribution is 6.01. The van der Waals surface area contributed by atoms with E-state index >= 15 is 0 Å². The molecule has 0 aliphatic heterocycles. The number of benzene rings is 1. The second-order valence-electron chi connectivity index (χ2n) is 3.31. The maximum absolute atomic E-state index is 9.52. The lowest BCUT2D eigenvalue weighted by molar-refractivity contribution is 0.397.